The number of hydrogen-bond acceptors (Lipinski definition) is 5. The van der Waals surface area contributed by atoms with Crippen LogP contribution < -0.4 is 4.74 Å². The molecule has 1 atom stereocenters. The van der Waals surface area contributed by atoms with E-state index in [2.05, 4.69) is 4.98 Å². The highest BCUT2D eigenvalue weighted by Crippen LogP contribution is 2.17. The van der Waals surface area contributed by atoms with E-state index >= 15 is 0 Å². The second-order valence-corrected chi connectivity index (χ2v) is 7.07. The predicted molar refractivity (Wildman–Crippen MR) is 114 cm³/mol. The Hall–Kier alpha value is -3.07. The van der Waals surface area contributed by atoms with Crippen LogP contribution in [0.15, 0.2) is 67.3 Å². The number of aromatic nitrogens is 2. The number of carboxylic acid groups (broad SMARTS) is 2. The first-order valence-electron chi connectivity index (χ1n) is 9.00. The van der Waals surface area contributed by atoms with Gasteiger partial charge in [-0.3, -0.25) is 0 Å². The number of rotatable bonds is 8. The van der Waals surface area contributed by atoms with Crippen LogP contribution in [0.2, 0.25) is 10.0 Å². The van der Waals surface area contributed by atoms with Crippen molar-refractivity contribution in [3.8, 4) is 5.75 Å². The fourth-order valence-electron chi connectivity index (χ4n) is 2.30. The Bertz CT molecular complexity index is 886. The SMILES string of the molecule is Clc1ccc(COC(COc2ccc(Cl)cc2)Cn2ccnc2)cc1.O=C(O)C(=O)O. The molecule has 0 aliphatic heterocycles. The van der Waals surface area contributed by atoms with E-state index in [1.807, 2.05) is 47.2 Å². The molecule has 0 bridgehead atoms. The third-order valence-electron chi connectivity index (χ3n) is 3.81. The van der Waals surface area contributed by atoms with E-state index in [-0.39, 0.29) is 6.10 Å². The zero-order valence-electron chi connectivity index (χ0n) is 16.2. The molecule has 2 N–H and O–H groups in total. The fourth-order valence-corrected chi connectivity index (χ4v) is 2.55. The van der Waals surface area contributed by atoms with Gasteiger partial charge in [0.05, 0.1) is 19.5 Å². The summed E-state index contributed by atoms with van der Waals surface area (Å²) in [5.41, 5.74) is 1.06. The first-order valence-corrected chi connectivity index (χ1v) is 9.75. The van der Waals surface area contributed by atoms with Crippen LogP contribution in [0.5, 0.6) is 5.75 Å². The van der Waals surface area contributed by atoms with Crippen molar-refractivity contribution in [1.29, 1.82) is 0 Å². The largest absolute Gasteiger partial charge is 0.491 e. The molecule has 0 aliphatic carbocycles. The lowest BCUT2D eigenvalue weighted by atomic mass is 10.2. The van der Waals surface area contributed by atoms with Crippen LogP contribution in [-0.2, 0) is 27.5 Å². The Labute approximate surface area is 188 Å². The Balaban J connectivity index is 0.000000501. The molecule has 31 heavy (non-hydrogen) atoms. The summed E-state index contributed by atoms with van der Waals surface area (Å²) >= 11 is 11.8. The van der Waals surface area contributed by atoms with Gasteiger partial charge in [0.15, 0.2) is 0 Å². The maximum absolute atomic E-state index is 9.10. The van der Waals surface area contributed by atoms with E-state index in [1.54, 1.807) is 24.7 Å². The summed E-state index contributed by atoms with van der Waals surface area (Å²) in [6, 6.07) is 14.9. The molecule has 1 heterocycles. The molecule has 0 saturated heterocycles. The molecule has 8 nitrogen and oxygen atoms in total. The maximum atomic E-state index is 9.10. The zero-order valence-corrected chi connectivity index (χ0v) is 17.7. The number of hydrogen-bond donors (Lipinski definition) is 2. The molecule has 10 heteroatoms. The average Bonchev–Trinajstić information content (AvgIpc) is 3.26. The van der Waals surface area contributed by atoms with E-state index in [4.69, 9.17) is 52.5 Å². The lowest BCUT2D eigenvalue weighted by molar-refractivity contribution is -0.159. The minimum Gasteiger partial charge on any atom is -0.491 e. The van der Waals surface area contributed by atoms with Crippen LogP contribution in [0, 0.1) is 0 Å². The molecular weight excluding hydrogens is 447 g/mol. The molecule has 164 valence electrons. The van der Waals surface area contributed by atoms with E-state index in [1.165, 1.54) is 0 Å². The van der Waals surface area contributed by atoms with Crippen molar-refractivity contribution in [1.82, 2.24) is 9.55 Å². The van der Waals surface area contributed by atoms with Crippen molar-refractivity contribution in [3.63, 3.8) is 0 Å². The summed E-state index contributed by atoms with van der Waals surface area (Å²) in [5.74, 6) is -2.89. The first kappa shape index (κ1) is 24.2. The summed E-state index contributed by atoms with van der Waals surface area (Å²) in [6.45, 7) is 1.56. The van der Waals surface area contributed by atoms with Crippen LogP contribution in [0.25, 0.3) is 0 Å². The fraction of sp³-hybridized carbons (Fsp3) is 0.190. The van der Waals surface area contributed by atoms with E-state index in [0.29, 0.717) is 29.8 Å². The lowest BCUT2D eigenvalue weighted by Gasteiger charge is -2.19. The molecule has 3 rings (SSSR count). The molecule has 0 aliphatic rings. The standard InChI is InChI=1S/C19H18Cl2N2O2.C2H2O4/c20-16-3-1-15(2-4-16)12-24-19(11-23-10-9-22-14-23)13-25-18-7-5-17(21)6-8-18;3-1(4)2(5)6/h1-10,14,19H,11-13H2;(H,3,4)(H,5,6). The normalized spacial score (nSPS) is 11.2. The molecule has 3 aromatic rings. The smallest absolute Gasteiger partial charge is 0.414 e. The van der Waals surface area contributed by atoms with Crippen molar-refractivity contribution in [2.45, 2.75) is 19.3 Å². The number of carbonyl (C=O) groups is 2. The van der Waals surface area contributed by atoms with Gasteiger partial charge in [0.2, 0.25) is 0 Å². The van der Waals surface area contributed by atoms with Gasteiger partial charge in [-0.05, 0) is 42.0 Å². The summed E-state index contributed by atoms with van der Waals surface area (Å²) < 4.78 is 13.9. The van der Waals surface area contributed by atoms with E-state index in [9.17, 15) is 0 Å². The Kier molecular flexibility index (Phi) is 9.83. The van der Waals surface area contributed by atoms with Gasteiger partial charge in [-0.15, -0.1) is 0 Å². The van der Waals surface area contributed by atoms with Gasteiger partial charge in [0.1, 0.15) is 18.5 Å². The molecule has 0 fully saturated rings. The molecule has 0 amide bonds. The van der Waals surface area contributed by atoms with Gasteiger partial charge in [-0.2, -0.15) is 0 Å². The molecule has 2 aromatic carbocycles. The van der Waals surface area contributed by atoms with Gasteiger partial charge in [-0.25, -0.2) is 14.6 Å². The van der Waals surface area contributed by atoms with Crippen molar-refractivity contribution < 1.29 is 29.3 Å². The van der Waals surface area contributed by atoms with Gasteiger partial charge < -0.3 is 24.3 Å². The van der Waals surface area contributed by atoms with Gasteiger partial charge >= 0.3 is 11.9 Å². The third kappa shape index (κ3) is 9.52. The van der Waals surface area contributed by atoms with Gasteiger partial charge in [0, 0.05) is 22.4 Å². The third-order valence-corrected chi connectivity index (χ3v) is 4.31. The average molecular weight is 467 g/mol. The minimum atomic E-state index is -1.82. The number of aliphatic carboxylic acids is 2. The first-order chi connectivity index (χ1) is 14.8. The van der Waals surface area contributed by atoms with Crippen LogP contribution in [0.1, 0.15) is 5.56 Å². The highest BCUT2D eigenvalue weighted by molar-refractivity contribution is 6.30. The Morgan fingerprint density at radius 1 is 0.968 bits per heavy atom. The van der Waals surface area contributed by atoms with Crippen LogP contribution >= 0.6 is 23.2 Å². The number of carboxylic acids is 2. The number of halogens is 2. The number of imidazole rings is 1. The molecule has 0 spiro atoms. The van der Waals surface area contributed by atoms with Crippen LogP contribution in [-0.4, -0.2) is 44.4 Å². The molecule has 0 radical (unpaired) electrons. The summed E-state index contributed by atoms with van der Waals surface area (Å²) in [5, 5.41) is 16.2. The summed E-state index contributed by atoms with van der Waals surface area (Å²) in [7, 11) is 0. The Morgan fingerprint density at radius 3 is 2.06 bits per heavy atom. The quantitative estimate of drug-likeness (QED) is 0.482. The van der Waals surface area contributed by atoms with Crippen LogP contribution in [0.3, 0.4) is 0 Å². The zero-order chi connectivity index (χ0) is 22.6. The highest BCUT2D eigenvalue weighted by atomic mass is 35.5. The van der Waals surface area contributed by atoms with E-state index < -0.39 is 11.9 Å². The Morgan fingerprint density at radius 2 is 1.55 bits per heavy atom. The van der Waals surface area contributed by atoms with Crippen molar-refractivity contribution in [3.05, 3.63) is 82.9 Å². The number of ether oxygens (including phenoxy) is 2. The molecular formula is C21H20Cl2N2O6. The summed E-state index contributed by atoms with van der Waals surface area (Å²) in [6.07, 6.45) is 5.29. The van der Waals surface area contributed by atoms with Crippen molar-refractivity contribution in [2.75, 3.05) is 6.61 Å². The van der Waals surface area contributed by atoms with Crippen molar-refractivity contribution >= 4 is 35.1 Å². The lowest BCUT2D eigenvalue weighted by Crippen LogP contribution is -2.26. The molecule has 0 saturated carbocycles. The maximum Gasteiger partial charge on any atom is 0.414 e. The monoisotopic (exact) mass is 466 g/mol. The number of nitrogens with zero attached hydrogens (tertiary/aromatic N) is 2. The summed E-state index contributed by atoms with van der Waals surface area (Å²) in [4.78, 5) is 22.3. The topological polar surface area (TPSA) is 111 Å². The molecule has 1 aromatic heterocycles. The second kappa shape index (κ2) is 12.6. The van der Waals surface area contributed by atoms with Gasteiger partial charge in [-0.1, -0.05) is 35.3 Å². The molecule has 1 unspecified atom stereocenters. The minimum absolute atomic E-state index is 0.124. The number of benzene rings is 2. The highest BCUT2D eigenvalue weighted by Gasteiger charge is 2.12. The predicted octanol–water partition coefficient (Wildman–Crippen LogP) is 4.01. The second-order valence-electron chi connectivity index (χ2n) is 6.19. The van der Waals surface area contributed by atoms with Gasteiger partial charge in [0.25, 0.3) is 0 Å². The van der Waals surface area contributed by atoms with Crippen LogP contribution in [0.4, 0.5) is 0 Å². The van der Waals surface area contributed by atoms with E-state index in [0.717, 1.165) is 11.3 Å². The van der Waals surface area contributed by atoms with Crippen molar-refractivity contribution in [2.24, 2.45) is 0 Å².